The van der Waals surface area contributed by atoms with Crippen molar-refractivity contribution in [2.45, 2.75) is 20.3 Å². The second-order valence-corrected chi connectivity index (χ2v) is 8.11. The molecular formula is C28H24. The van der Waals surface area contributed by atoms with E-state index < -0.39 is 0 Å². The average molecular weight is 361 g/mol. The number of hydrogen-bond donors (Lipinski definition) is 0. The van der Waals surface area contributed by atoms with Crippen LogP contribution in [0.25, 0.3) is 43.4 Å². The fraction of sp³-hybridized carbons (Fsp3) is 0.143. The van der Waals surface area contributed by atoms with Gasteiger partial charge in [0.2, 0.25) is 0 Å². The molecule has 0 aliphatic heterocycles. The summed E-state index contributed by atoms with van der Waals surface area (Å²) in [5, 5.41) is 8.11. The van der Waals surface area contributed by atoms with Crippen molar-refractivity contribution in [2.75, 3.05) is 0 Å². The molecule has 0 heteroatoms. The molecule has 136 valence electrons. The second kappa shape index (κ2) is 6.80. The first kappa shape index (κ1) is 17.0. The zero-order chi connectivity index (χ0) is 19.1. The first-order valence-electron chi connectivity index (χ1n) is 10.1. The van der Waals surface area contributed by atoms with Crippen molar-refractivity contribution < 1.29 is 0 Å². The van der Waals surface area contributed by atoms with Gasteiger partial charge >= 0.3 is 0 Å². The minimum absolute atomic E-state index is 0.612. The van der Waals surface area contributed by atoms with Crippen LogP contribution in [0.3, 0.4) is 0 Å². The van der Waals surface area contributed by atoms with E-state index in [0.29, 0.717) is 5.92 Å². The zero-order valence-corrected chi connectivity index (χ0v) is 16.4. The van der Waals surface area contributed by atoms with Crippen molar-refractivity contribution in [1.82, 2.24) is 0 Å². The molecular weight excluding hydrogens is 336 g/mol. The Labute approximate surface area is 166 Å². The Morgan fingerprint density at radius 2 is 1.14 bits per heavy atom. The molecule has 0 aliphatic carbocycles. The molecule has 0 aromatic heterocycles. The Morgan fingerprint density at radius 1 is 0.571 bits per heavy atom. The van der Waals surface area contributed by atoms with Gasteiger partial charge in [-0.3, -0.25) is 0 Å². The van der Waals surface area contributed by atoms with Crippen LogP contribution in [0.2, 0.25) is 0 Å². The van der Waals surface area contributed by atoms with Gasteiger partial charge in [0.25, 0.3) is 0 Å². The van der Waals surface area contributed by atoms with Gasteiger partial charge in [0, 0.05) is 0 Å². The molecule has 0 unspecified atom stereocenters. The Bertz CT molecular complexity index is 1290. The minimum Gasteiger partial charge on any atom is -0.0625 e. The second-order valence-electron chi connectivity index (χ2n) is 8.11. The van der Waals surface area contributed by atoms with Crippen molar-refractivity contribution >= 4 is 32.3 Å². The van der Waals surface area contributed by atoms with Gasteiger partial charge in [-0.2, -0.15) is 0 Å². The topological polar surface area (TPSA) is 0 Å². The third-order valence-corrected chi connectivity index (χ3v) is 5.68. The maximum absolute atomic E-state index is 2.40. The van der Waals surface area contributed by atoms with Gasteiger partial charge in [-0.1, -0.05) is 92.7 Å². The molecule has 5 aromatic rings. The molecule has 0 saturated heterocycles. The van der Waals surface area contributed by atoms with Crippen molar-refractivity contribution in [1.29, 1.82) is 0 Å². The maximum Gasteiger partial charge on any atom is -0.00264 e. The van der Waals surface area contributed by atoms with Crippen LogP contribution in [-0.2, 0) is 6.42 Å². The SMILES string of the molecule is CC(C)Cc1c2ccccc2c(-c2ccccc2)c2cc3ccccc3cc12. The quantitative estimate of drug-likeness (QED) is 0.286. The summed E-state index contributed by atoms with van der Waals surface area (Å²) in [5.41, 5.74) is 4.12. The van der Waals surface area contributed by atoms with Gasteiger partial charge in [0.05, 0.1) is 0 Å². The van der Waals surface area contributed by atoms with Crippen LogP contribution in [0.5, 0.6) is 0 Å². The smallest absolute Gasteiger partial charge is 0.00264 e. The van der Waals surface area contributed by atoms with Crippen LogP contribution < -0.4 is 0 Å². The van der Waals surface area contributed by atoms with Crippen molar-refractivity contribution in [3.8, 4) is 11.1 Å². The predicted octanol–water partition coefficient (Wildman–Crippen LogP) is 8.01. The summed E-state index contributed by atoms with van der Waals surface area (Å²) in [6.07, 6.45) is 1.09. The van der Waals surface area contributed by atoms with Gasteiger partial charge in [0.1, 0.15) is 0 Å². The molecule has 0 fully saturated rings. The van der Waals surface area contributed by atoms with Gasteiger partial charge in [-0.15, -0.1) is 0 Å². The molecule has 5 rings (SSSR count). The van der Waals surface area contributed by atoms with Crippen LogP contribution >= 0.6 is 0 Å². The van der Waals surface area contributed by atoms with E-state index in [0.717, 1.165) is 6.42 Å². The minimum atomic E-state index is 0.612. The Kier molecular flexibility index (Phi) is 4.13. The average Bonchev–Trinajstić information content (AvgIpc) is 2.73. The lowest BCUT2D eigenvalue weighted by atomic mass is 9.85. The lowest BCUT2D eigenvalue weighted by molar-refractivity contribution is 0.653. The molecule has 0 aliphatic rings. The Hall–Kier alpha value is -3.12. The van der Waals surface area contributed by atoms with Crippen LogP contribution in [-0.4, -0.2) is 0 Å². The molecule has 28 heavy (non-hydrogen) atoms. The Balaban J connectivity index is 2.03. The van der Waals surface area contributed by atoms with Crippen molar-refractivity contribution in [3.05, 3.63) is 96.6 Å². The van der Waals surface area contributed by atoms with E-state index in [4.69, 9.17) is 0 Å². The van der Waals surface area contributed by atoms with Gasteiger partial charge < -0.3 is 0 Å². The lowest BCUT2D eigenvalue weighted by Crippen LogP contribution is -1.99. The van der Waals surface area contributed by atoms with E-state index in [1.54, 1.807) is 0 Å². The molecule has 0 N–H and O–H groups in total. The van der Waals surface area contributed by atoms with E-state index in [9.17, 15) is 0 Å². The first-order valence-corrected chi connectivity index (χ1v) is 10.1. The van der Waals surface area contributed by atoms with Crippen LogP contribution in [0.4, 0.5) is 0 Å². The molecule has 5 aromatic carbocycles. The number of hydrogen-bond acceptors (Lipinski definition) is 0. The summed E-state index contributed by atoms with van der Waals surface area (Å²) in [6, 6.07) is 33.3. The third kappa shape index (κ3) is 2.77. The summed E-state index contributed by atoms with van der Waals surface area (Å²) in [6.45, 7) is 4.62. The summed E-state index contributed by atoms with van der Waals surface area (Å²) < 4.78 is 0. The molecule has 0 bridgehead atoms. The normalized spacial score (nSPS) is 11.7. The van der Waals surface area contributed by atoms with E-state index in [1.807, 2.05) is 0 Å². The maximum atomic E-state index is 2.40. The van der Waals surface area contributed by atoms with Gasteiger partial charge in [-0.05, 0) is 73.5 Å². The largest absolute Gasteiger partial charge is 0.0625 e. The van der Waals surface area contributed by atoms with Gasteiger partial charge in [0.15, 0.2) is 0 Å². The monoisotopic (exact) mass is 360 g/mol. The number of benzene rings is 5. The van der Waals surface area contributed by atoms with Crippen LogP contribution in [0.15, 0.2) is 91.0 Å². The Morgan fingerprint density at radius 3 is 1.82 bits per heavy atom. The highest BCUT2D eigenvalue weighted by molar-refractivity contribution is 6.17. The highest BCUT2D eigenvalue weighted by atomic mass is 14.2. The van der Waals surface area contributed by atoms with Gasteiger partial charge in [-0.25, -0.2) is 0 Å². The summed E-state index contributed by atoms with van der Waals surface area (Å²) >= 11 is 0. The lowest BCUT2D eigenvalue weighted by Gasteiger charge is -2.19. The highest BCUT2D eigenvalue weighted by Gasteiger charge is 2.16. The fourth-order valence-corrected chi connectivity index (χ4v) is 4.50. The molecule has 0 atom stereocenters. The molecule has 0 nitrogen and oxygen atoms in total. The highest BCUT2D eigenvalue weighted by Crippen LogP contribution is 2.41. The molecule has 0 spiro atoms. The third-order valence-electron chi connectivity index (χ3n) is 5.68. The number of rotatable bonds is 3. The van der Waals surface area contributed by atoms with Crippen molar-refractivity contribution in [3.63, 3.8) is 0 Å². The molecule has 0 amide bonds. The predicted molar refractivity (Wildman–Crippen MR) is 123 cm³/mol. The molecule has 0 heterocycles. The fourth-order valence-electron chi connectivity index (χ4n) is 4.50. The summed E-state index contributed by atoms with van der Waals surface area (Å²) in [7, 11) is 0. The number of fused-ring (bicyclic) bond motifs is 3. The molecule has 0 saturated carbocycles. The summed E-state index contributed by atoms with van der Waals surface area (Å²) in [5.74, 6) is 0.612. The van der Waals surface area contributed by atoms with E-state index in [-0.39, 0.29) is 0 Å². The van der Waals surface area contributed by atoms with E-state index in [1.165, 1.54) is 49.0 Å². The summed E-state index contributed by atoms with van der Waals surface area (Å²) in [4.78, 5) is 0. The standard InChI is InChI=1S/C28H24/c1-19(2)16-25-23-14-8-9-15-24(23)28(20-10-4-3-5-11-20)27-18-22-13-7-6-12-21(22)17-26(25)27/h3-15,17-19H,16H2,1-2H3. The van der Waals surface area contributed by atoms with E-state index in [2.05, 4.69) is 105 Å². The molecule has 0 radical (unpaired) electrons. The first-order chi connectivity index (χ1) is 13.7. The van der Waals surface area contributed by atoms with Crippen LogP contribution in [0, 0.1) is 5.92 Å². The van der Waals surface area contributed by atoms with Crippen molar-refractivity contribution in [2.24, 2.45) is 5.92 Å². The zero-order valence-electron chi connectivity index (χ0n) is 16.4. The van der Waals surface area contributed by atoms with E-state index >= 15 is 0 Å². The van der Waals surface area contributed by atoms with Crippen LogP contribution in [0.1, 0.15) is 19.4 Å².